The third-order valence-electron chi connectivity index (χ3n) is 3.74. The smallest absolute Gasteiger partial charge is 0.306 e. The van der Waals surface area contributed by atoms with E-state index in [1.165, 1.54) is 0 Å². The Labute approximate surface area is 154 Å². The first-order valence-electron chi connectivity index (χ1n) is 8.72. The van der Waals surface area contributed by atoms with Gasteiger partial charge in [0.1, 0.15) is 5.75 Å². The number of aryl methyl sites for hydroxylation is 3. The molecule has 0 aliphatic carbocycles. The van der Waals surface area contributed by atoms with Crippen LogP contribution in [0.2, 0.25) is 0 Å². The van der Waals surface area contributed by atoms with E-state index < -0.39 is 5.97 Å². The third-order valence-corrected chi connectivity index (χ3v) is 3.74. The number of rotatable bonds is 8. The van der Waals surface area contributed by atoms with Gasteiger partial charge in [-0.3, -0.25) is 9.59 Å². The van der Waals surface area contributed by atoms with Crippen LogP contribution in [0.5, 0.6) is 5.75 Å². The molecule has 5 nitrogen and oxygen atoms in total. The number of hydrogen-bond acceptors (Lipinski definition) is 4. The molecule has 0 fully saturated rings. The Morgan fingerprint density at radius 3 is 2.42 bits per heavy atom. The van der Waals surface area contributed by atoms with Crippen LogP contribution < -0.4 is 10.1 Å². The van der Waals surface area contributed by atoms with Crippen LogP contribution in [0.3, 0.4) is 0 Å². The van der Waals surface area contributed by atoms with E-state index >= 15 is 0 Å². The van der Waals surface area contributed by atoms with Crippen molar-refractivity contribution in [2.24, 2.45) is 0 Å². The fraction of sp³-hybridized carbons (Fsp3) is 0.333. The number of carbonyl (C=O) groups is 2. The van der Waals surface area contributed by atoms with Gasteiger partial charge in [0.05, 0.1) is 6.61 Å². The van der Waals surface area contributed by atoms with E-state index in [2.05, 4.69) is 5.32 Å². The maximum Gasteiger partial charge on any atom is 0.306 e. The van der Waals surface area contributed by atoms with Crippen molar-refractivity contribution in [3.8, 4) is 5.75 Å². The van der Waals surface area contributed by atoms with Gasteiger partial charge in [0.25, 0.3) is 5.91 Å². The van der Waals surface area contributed by atoms with E-state index in [9.17, 15) is 9.59 Å². The highest BCUT2D eigenvalue weighted by Gasteiger charge is 2.10. The van der Waals surface area contributed by atoms with Gasteiger partial charge in [0.15, 0.2) is 6.61 Å². The fourth-order valence-corrected chi connectivity index (χ4v) is 2.71. The lowest BCUT2D eigenvalue weighted by atomic mass is 10.1. The van der Waals surface area contributed by atoms with Crippen LogP contribution in [-0.2, 0) is 20.7 Å². The first-order valence-corrected chi connectivity index (χ1v) is 8.72. The summed E-state index contributed by atoms with van der Waals surface area (Å²) < 4.78 is 10.6. The van der Waals surface area contributed by atoms with Gasteiger partial charge in [-0.25, -0.2) is 0 Å². The first kappa shape index (κ1) is 19.5. The maximum atomic E-state index is 11.9. The summed E-state index contributed by atoms with van der Waals surface area (Å²) in [4.78, 5) is 23.9. The quantitative estimate of drug-likeness (QED) is 0.731. The lowest BCUT2D eigenvalue weighted by Crippen LogP contribution is -2.21. The predicted molar refractivity (Wildman–Crippen MR) is 101 cm³/mol. The van der Waals surface area contributed by atoms with E-state index in [0.717, 1.165) is 22.4 Å². The van der Waals surface area contributed by atoms with Crippen LogP contribution in [0, 0.1) is 13.8 Å². The number of amides is 1. The Morgan fingerprint density at radius 1 is 1.04 bits per heavy atom. The molecule has 0 radical (unpaired) electrons. The standard InChI is InChI=1S/C21H25NO4/c1-4-25-19-8-6-5-7-17(19)9-10-21(24)26-14-20(23)22-18-12-15(2)11-16(3)13-18/h5-8,11-13H,4,9-10,14H2,1-3H3,(H,22,23). The molecule has 1 N–H and O–H groups in total. The van der Waals surface area contributed by atoms with Gasteiger partial charge in [-0.2, -0.15) is 0 Å². The predicted octanol–water partition coefficient (Wildman–Crippen LogP) is 3.82. The molecular weight excluding hydrogens is 330 g/mol. The minimum atomic E-state index is -0.410. The van der Waals surface area contributed by atoms with Gasteiger partial charge in [-0.15, -0.1) is 0 Å². The van der Waals surface area contributed by atoms with Crippen LogP contribution in [-0.4, -0.2) is 25.1 Å². The van der Waals surface area contributed by atoms with Crippen molar-refractivity contribution in [2.45, 2.75) is 33.6 Å². The molecule has 0 saturated carbocycles. The molecule has 1 amide bonds. The third kappa shape index (κ3) is 6.24. The lowest BCUT2D eigenvalue weighted by Gasteiger charge is -2.10. The van der Waals surface area contributed by atoms with Crippen molar-refractivity contribution in [3.05, 3.63) is 59.2 Å². The lowest BCUT2D eigenvalue weighted by molar-refractivity contribution is -0.147. The first-order chi connectivity index (χ1) is 12.5. The van der Waals surface area contributed by atoms with Crippen molar-refractivity contribution in [2.75, 3.05) is 18.5 Å². The molecule has 0 unspecified atom stereocenters. The van der Waals surface area contributed by atoms with Crippen molar-refractivity contribution >= 4 is 17.6 Å². The van der Waals surface area contributed by atoms with Gasteiger partial charge >= 0.3 is 5.97 Å². The number of ether oxygens (including phenoxy) is 2. The molecular formula is C21H25NO4. The fourth-order valence-electron chi connectivity index (χ4n) is 2.71. The van der Waals surface area contributed by atoms with Crippen molar-refractivity contribution < 1.29 is 19.1 Å². The van der Waals surface area contributed by atoms with Crippen LogP contribution >= 0.6 is 0 Å². The normalized spacial score (nSPS) is 10.3. The van der Waals surface area contributed by atoms with Crippen molar-refractivity contribution in [1.29, 1.82) is 0 Å². The molecule has 2 rings (SSSR count). The molecule has 138 valence electrons. The molecule has 0 heterocycles. The number of esters is 1. The molecule has 0 spiro atoms. The molecule has 2 aromatic carbocycles. The second-order valence-electron chi connectivity index (χ2n) is 6.13. The largest absolute Gasteiger partial charge is 0.494 e. The van der Waals surface area contributed by atoms with E-state index in [4.69, 9.17) is 9.47 Å². The van der Waals surface area contributed by atoms with Gasteiger partial charge in [0, 0.05) is 12.1 Å². The summed E-state index contributed by atoms with van der Waals surface area (Å²) in [6, 6.07) is 13.4. The summed E-state index contributed by atoms with van der Waals surface area (Å²) in [5, 5.41) is 2.74. The Hall–Kier alpha value is -2.82. The van der Waals surface area contributed by atoms with Crippen LogP contribution in [0.15, 0.2) is 42.5 Å². The SMILES string of the molecule is CCOc1ccccc1CCC(=O)OCC(=O)Nc1cc(C)cc(C)c1. The van der Waals surface area contributed by atoms with E-state index in [1.54, 1.807) is 0 Å². The van der Waals surface area contributed by atoms with E-state index in [1.807, 2.05) is 63.2 Å². The summed E-state index contributed by atoms with van der Waals surface area (Å²) in [7, 11) is 0. The van der Waals surface area contributed by atoms with Gasteiger partial charge in [-0.1, -0.05) is 24.3 Å². The maximum absolute atomic E-state index is 11.9. The highest BCUT2D eigenvalue weighted by molar-refractivity contribution is 5.92. The number of nitrogens with one attached hydrogen (secondary N) is 1. The molecule has 2 aromatic rings. The Morgan fingerprint density at radius 2 is 1.73 bits per heavy atom. The Kier molecular flexibility index (Phi) is 7.21. The Balaban J connectivity index is 1.79. The number of carbonyl (C=O) groups excluding carboxylic acids is 2. The van der Waals surface area contributed by atoms with Crippen LogP contribution in [0.25, 0.3) is 0 Å². The molecule has 0 saturated heterocycles. The van der Waals surface area contributed by atoms with Crippen LogP contribution in [0.1, 0.15) is 30.0 Å². The zero-order chi connectivity index (χ0) is 18.9. The zero-order valence-corrected chi connectivity index (χ0v) is 15.5. The average molecular weight is 355 g/mol. The van der Waals surface area contributed by atoms with E-state index in [-0.39, 0.29) is 18.9 Å². The Bertz CT molecular complexity index is 750. The zero-order valence-electron chi connectivity index (χ0n) is 15.5. The number of hydrogen-bond donors (Lipinski definition) is 1. The molecule has 0 aliphatic heterocycles. The van der Waals surface area contributed by atoms with Gasteiger partial charge in [0.2, 0.25) is 0 Å². The number of anilines is 1. The highest BCUT2D eigenvalue weighted by Crippen LogP contribution is 2.19. The van der Waals surface area contributed by atoms with Gasteiger partial charge in [-0.05, 0) is 62.1 Å². The summed E-state index contributed by atoms with van der Waals surface area (Å²) in [5.41, 5.74) is 3.77. The summed E-state index contributed by atoms with van der Waals surface area (Å²) in [6.45, 7) is 6.12. The molecule has 0 bridgehead atoms. The minimum Gasteiger partial charge on any atom is -0.494 e. The summed E-state index contributed by atoms with van der Waals surface area (Å²) in [5.74, 6) is 0.0142. The highest BCUT2D eigenvalue weighted by atomic mass is 16.5. The molecule has 5 heteroatoms. The molecule has 0 aromatic heterocycles. The number of para-hydroxylation sites is 1. The minimum absolute atomic E-state index is 0.195. The van der Waals surface area contributed by atoms with E-state index in [0.29, 0.717) is 18.7 Å². The summed E-state index contributed by atoms with van der Waals surface area (Å²) >= 11 is 0. The monoisotopic (exact) mass is 355 g/mol. The molecule has 0 atom stereocenters. The van der Waals surface area contributed by atoms with Crippen molar-refractivity contribution in [1.82, 2.24) is 0 Å². The second kappa shape index (κ2) is 9.61. The van der Waals surface area contributed by atoms with Gasteiger partial charge < -0.3 is 14.8 Å². The summed E-state index contributed by atoms with van der Waals surface area (Å²) in [6.07, 6.45) is 0.703. The number of benzene rings is 2. The topological polar surface area (TPSA) is 64.6 Å². The molecule has 0 aliphatic rings. The molecule has 26 heavy (non-hydrogen) atoms. The average Bonchev–Trinajstić information content (AvgIpc) is 2.58. The van der Waals surface area contributed by atoms with Crippen molar-refractivity contribution in [3.63, 3.8) is 0 Å². The van der Waals surface area contributed by atoms with Crippen LogP contribution in [0.4, 0.5) is 5.69 Å². The second-order valence-corrected chi connectivity index (χ2v) is 6.13.